The summed E-state index contributed by atoms with van der Waals surface area (Å²) in [4.78, 5) is 31.6. The summed E-state index contributed by atoms with van der Waals surface area (Å²) in [5, 5.41) is 8.17. The highest BCUT2D eigenvalue weighted by Gasteiger charge is 2.13. The molecule has 1 heterocycles. The monoisotopic (exact) mass is 454 g/mol. The van der Waals surface area contributed by atoms with Crippen molar-refractivity contribution < 1.29 is 19.1 Å². The van der Waals surface area contributed by atoms with Crippen molar-refractivity contribution in [1.82, 2.24) is 15.2 Å². The van der Waals surface area contributed by atoms with Crippen molar-refractivity contribution in [3.8, 4) is 11.5 Å². The lowest BCUT2D eigenvalue weighted by Crippen LogP contribution is -2.23. The van der Waals surface area contributed by atoms with E-state index in [0.29, 0.717) is 34.3 Å². The van der Waals surface area contributed by atoms with Gasteiger partial charge in [-0.15, -0.1) is 11.3 Å². The fraction of sp³-hybridized carbons (Fsp3) is 0.261. The van der Waals surface area contributed by atoms with Crippen LogP contribution in [-0.2, 0) is 13.1 Å². The first-order valence-corrected chi connectivity index (χ1v) is 10.8. The Morgan fingerprint density at radius 1 is 1.00 bits per heavy atom. The van der Waals surface area contributed by atoms with Gasteiger partial charge in [-0.3, -0.25) is 14.9 Å². The van der Waals surface area contributed by atoms with Gasteiger partial charge in [0.2, 0.25) is 0 Å². The number of carbonyl (C=O) groups is 2. The van der Waals surface area contributed by atoms with Crippen molar-refractivity contribution in [2.75, 3.05) is 33.6 Å². The summed E-state index contributed by atoms with van der Waals surface area (Å²) in [6, 6.07) is 12.1. The minimum absolute atomic E-state index is 0.246. The Bertz CT molecular complexity index is 1100. The van der Waals surface area contributed by atoms with Gasteiger partial charge in [0.15, 0.2) is 16.6 Å². The van der Waals surface area contributed by atoms with Crippen LogP contribution in [0.5, 0.6) is 11.5 Å². The number of methoxy groups -OCH3 is 2. The number of hydrogen-bond acceptors (Lipinski definition) is 7. The predicted octanol–water partition coefficient (Wildman–Crippen LogP) is 3.40. The molecule has 0 spiro atoms. The standard InChI is InChI=1S/C23H26N4O4S/c1-27(2)13-18-14-32-23(25-18)26-22(29)16-7-5-6-15(10-16)12-24-21(28)17-8-9-19(30-3)20(11-17)31-4/h5-11,14H,12-13H2,1-4H3,(H,24,28)(H,25,26,29). The number of carbonyl (C=O) groups excluding carboxylic acids is 2. The molecule has 2 N–H and O–H groups in total. The molecule has 168 valence electrons. The number of anilines is 1. The summed E-state index contributed by atoms with van der Waals surface area (Å²) in [5.41, 5.74) is 2.65. The molecule has 2 amide bonds. The number of benzene rings is 2. The Balaban J connectivity index is 1.61. The van der Waals surface area contributed by atoms with Crippen LogP contribution < -0.4 is 20.1 Å². The van der Waals surface area contributed by atoms with Gasteiger partial charge >= 0.3 is 0 Å². The van der Waals surface area contributed by atoms with Crippen molar-refractivity contribution >= 4 is 28.3 Å². The number of nitrogens with one attached hydrogen (secondary N) is 2. The maximum atomic E-state index is 12.6. The molecule has 0 aliphatic carbocycles. The third-order valence-electron chi connectivity index (χ3n) is 4.54. The second kappa shape index (κ2) is 10.7. The van der Waals surface area contributed by atoms with Gasteiger partial charge in [-0.25, -0.2) is 4.98 Å². The summed E-state index contributed by atoms with van der Waals surface area (Å²) in [6.07, 6.45) is 0. The zero-order valence-electron chi connectivity index (χ0n) is 18.5. The molecule has 0 unspecified atom stereocenters. The minimum atomic E-state index is -0.253. The van der Waals surface area contributed by atoms with E-state index in [4.69, 9.17) is 9.47 Å². The maximum absolute atomic E-state index is 12.6. The van der Waals surface area contributed by atoms with Crippen LogP contribution >= 0.6 is 11.3 Å². The van der Waals surface area contributed by atoms with Gasteiger partial charge in [0.1, 0.15) is 0 Å². The van der Waals surface area contributed by atoms with Crippen molar-refractivity contribution in [2.24, 2.45) is 0 Å². The molecule has 0 fully saturated rings. The lowest BCUT2D eigenvalue weighted by molar-refractivity contribution is 0.0950. The quantitative estimate of drug-likeness (QED) is 0.515. The minimum Gasteiger partial charge on any atom is -0.493 e. The molecular weight excluding hydrogens is 428 g/mol. The summed E-state index contributed by atoms with van der Waals surface area (Å²) >= 11 is 1.39. The molecule has 3 aromatic rings. The molecule has 0 bridgehead atoms. The van der Waals surface area contributed by atoms with Crippen molar-refractivity contribution in [1.29, 1.82) is 0 Å². The average Bonchev–Trinajstić information content (AvgIpc) is 3.22. The van der Waals surface area contributed by atoms with Crippen molar-refractivity contribution in [3.05, 3.63) is 70.2 Å². The van der Waals surface area contributed by atoms with E-state index in [1.165, 1.54) is 25.6 Å². The summed E-state index contributed by atoms with van der Waals surface area (Å²) in [6.45, 7) is 0.986. The second-order valence-electron chi connectivity index (χ2n) is 7.29. The SMILES string of the molecule is COc1ccc(C(=O)NCc2cccc(C(=O)Nc3nc(CN(C)C)cs3)c2)cc1OC. The molecule has 1 aromatic heterocycles. The highest BCUT2D eigenvalue weighted by Crippen LogP contribution is 2.27. The van der Waals surface area contributed by atoms with E-state index < -0.39 is 0 Å². The number of hydrogen-bond donors (Lipinski definition) is 2. The molecule has 0 saturated carbocycles. The van der Waals surface area contributed by atoms with E-state index in [1.54, 1.807) is 36.4 Å². The van der Waals surface area contributed by atoms with Crippen LogP contribution in [0.15, 0.2) is 47.8 Å². The fourth-order valence-corrected chi connectivity index (χ4v) is 3.71. The lowest BCUT2D eigenvalue weighted by Gasteiger charge is -2.10. The first-order chi connectivity index (χ1) is 15.4. The first kappa shape index (κ1) is 23.2. The third kappa shape index (κ3) is 6.05. The van der Waals surface area contributed by atoms with E-state index in [-0.39, 0.29) is 18.4 Å². The zero-order valence-corrected chi connectivity index (χ0v) is 19.3. The maximum Gasteiger partial charge on any atom is 0.257 e. The Morgan fingerprint density at radius 2 is 1.75 bits per heavy atom. The molecule has 0 saturated heterocycles. The molecule has 0 aliphatic rings. The van der Waals surface area contributed by atoms with E-state index >= 15 is 0 Å². The van der Waals surface area contributed by atoms with Gasteiger partial charge in [-0.05, 0) is 50.0 Å². The predicted molar refractivity (Wildman–Crippen MR) is 125 cm³/mol. The van der Waals surface area contributed by atoms with E-state index in [0.717, 1.165) is 11.3 Å². The van der Waals surface area contributed by atoms with Crippen LogP contribution in [-0.4, -0.2) is 50.0 Å². The number of ether oxygens (including phenoxy) is 2. The first-order valence-electron chi connectivity index (χ1n) is 9.89. The van der Waals surface area contributed by atoms with Gasteiger partial charge in [0.05, 0.1) is 19.9 Å². The van der Waals surface area contributed by atoms with Crippen LogP contribution in [0.1, 0.15) is 32.0 Å². The number of thiazole rings is 1. The Hall–Kier alpha value is -3.43. The smallest absolute Gasteiger partial charge is 0.257 e. The number of rotatable bonds is 9. The zero-order chi connectivity index (χ0) is 23.1. The van der Waals surface area contributed by atoms with Gasteiger partial charge < -0.3 is 19.7 Å². The van der Waals surface area contributed by atoms with E-state index in [2.05, 4.69) is 15.6 Å². The molecule has 0 aliphatic heterocycles. The Morgan fingerprint density at radius 3 is 2.47 bits per heavy atom. The number of aromatic nitrogens is 1. The molecule has 2 aromatic carbocycles. The molecule has 9 heteroatoms. The molecule has 32 heavy (non-hydrogen) atoms. The number of amides is 2. The van der Waals surface area contributed by atoms with Crippen LogP contribution in [0, 0.1) is 0 Å². The summed E-state index contributed by atoms with van der Waals surface area (Å²) < 4.78 is 10.4. The van der Waals surface area contributed by atoms with E-state index in [9.17, 15) is 9.59 Å². The van der Waals surface area contributed by atoms with Crippen LogP contribution in [0.25, 0.3) is 0 Å². The largest absolute Gasteiger partial charge is 0.493 e. The second-order valence-corrected chi connectivity index (χ2v) is 8.15. The normalized spacial score (nSPS) is 10.7. The highest BCUT2D eigenvalue weighted by molar-refractivity contribution is 7.14. The van der Waals surface area contributed by atoms with Gasteiger partial charge in [-0.2, -0.15) is 0 Å². The van der Waals surface area contributed by atoms with E-state index in [1.807, 2.05) is 30.4 Å². The molecule has 0 atom stereocenters. The summed E-state index contributed by atoms with van der Waals surface area (Å²) in [7, 11) is 6.99. The van der Waals surface area contributed by atoms with Crippen LogP contribution in [0.2, 0.25) is 0 Å². The topological polar surface area (TPSA) is 92.8 Å². The lowest BCUT2D eigenvalue weighted by atomic mass is 10.1. The van der Waals surface area contributed by atoms with Gasteiger partial charge in [-0.1, -0.05) is 12.1 Å². The third-order valence-corrected chi connectivity index (χ3v) is 5.34. The molecular formula is C23H26N4O4S. The van der Waals surface area contributed by atoms with Crippen LogP contribution in [0.4, 0.5) is 5.13 Å². The highest BCUT2D eigenvalue weighted by atomic mass is 32.1. The van der Waals surface area contributed by atoms with Gasteiger partial charge in [0.25, 0.3) is 11.8 Å². The van der Waals surface area contributed by atoms with Crippen LogP contribution in [0.3, 0.4) is 0 Å². The molecule has 0 radical (unpaired) electrons. The summed E-state index contributed by atoms with van der Waals surface area (Å²) in [5.74, 6) is 0.535. The molecule has 3 rings (SSSR count). The van der Waals surface area contributed by atoms with Crippen molar-refractivity contribution in [2.45, 2.75) is 13.1 Å². The van der Waals surface area contributed by atoms with Gasteiger partial charge in [0, 0.05) is 29.6 Å². The molecule has 8 nitrogen and oxygen atoms in total. The Labute approximate surface area is 191 Å². The Kier molecular flexibility index (Phi) is 7.80. The number of nitrogens with zero attached hydrogens (tertiary/aromatic N) is 2. The average molecular weight is 455 g/mol. The van der Waals surface area contributed by atoms with Crippen molar-refractivity contribution in [3.63, 3.8) is 0 Å². The fourth-order valence-electron chi connectivity index (χ4n) is 3.01.